The van der Waals surface area contributed by atoms with E-state index >= 15 is 0 Å². The minimum absolute atomic E-state index is 0.0129. The molecule has 0 unspecified atom stereocenters. The van der Waals surface area contributed by atoms with Crippen molar-refractivity contribution in [1.82, 2.24) is 29.5 Å². The lowest BCUT2D eigenvalue weighted by molar-refractivity contribution is 0.0767. The zero-order valence-corrected chi connectivity index (χ0v) is 41.0. The van der Waals surface area contributed by atoms with Gasteiger partial charge in [0.25, 0.3) is 21.2 Å². The summed E-state index contributed by atoms with van der Waals surface area (Å²) in [6, 6.07) is 15.1. The molecule has 0 radical (unpaired) electrons. The van der Waals surface area contributed by atoms with Crippen LogP contribution in [0.5, 0.6) is 23.3 Å². The standard InChI is InChI=1S/C25H30ClN3O7S.C18H23ClFN3O4.C2H3N/c1-18-5-8-20(9-6-18)37(31,32)36-14-12-33-11-13-34-22-10-7-19(15-27-22)17-35-21-16-28-29(25(2,3)4)24(30)23(21)26;1-18(2,3)23-17(24)16(19)14(11-22-23)27-12-13-4-5-15(21-10-13)26-9-8-25-7-6-20;1-2-3/h5-10,15-16H,11-14,17H2,1-4H3;4-5,10-11H,6-9,12H2,1-3H3;1H3/i;20-1;. The topological polar surface area (TPSA) is 218 Å². The van der Waals surface area contributed by atoms with Crippen LogP contribution in [0.2, 0.25) is 10.0 Å². The third kappa shape index (κ3) is 18.8. The van der Waals surface area contributed by atoms with Crippen LogP contribution in [0.4, 0.5) is 4.39 Å². The molecule has 18 nitrogen and oxygen atoms in total. The molecule has 5 aromatic rings. The number of nitriles is 1. The molecule has 0 saturated heterocycles. The van der Waals surface area contributed by atoms with Crippen molar-refractivity contribution in [3.63, 3.8) is 0 Å². The van der Waals surface area contributed by atoms with Gasteiger partial charge in [-0.1, -0.05) is 40.9 Å². The molecule has 0 N–H and O–H groups in total. The van der Waals surface area contributed by atoms with Gasteiger partial charge in [-0.2, -0.15) is 23.9 Å². The van der Waals surface area contributed by atoms with Gasteiger partial charge in [0.2, 0.25) is 11.8 Å². The highest BCUT2D eigenvalue weighted by molar-refractivity contribution is 7.86. The fraction of sp³-hybridized carbons (Fsp3) is 0.444. The van der Waals surface area contributed by atoms with Crippen LogP contribution < -0.4 is 30.1 Å². The zero-order valence-electron chi connectivity index (χ0n) is 38.7. The molecule has 5 rings (SSSR count). The van der Waals surface area contributed by atoms with Gasteiger partial charge >= 0.3 is 0 Å². The predicted molar refractivity (Wildman–Crippen MR) is 248 cm³/mol. The van der Waals surface area contributed by atoms with E-state index in [1.165, 1.54) is 40.8 Å². The molecular weight excluding hydrogens is 936 g/mol. The molecule has 0 fully saturated rings. The van der Waals surface area contributed by atoms with Crippen LogP contribution in [0.25, 0.3) is 0 Å². The van der Waals surface area contributed by atoms with Gasteiger partial charge in [-0.3, -0.25) is 13.8 Å². The first-order valence-electron chi connectivity index (χ1n) is 20.7. The first-order valence-corrected chi connectivity index (χ1v) is 22.8. The van der Waals surface area contributed by atoms with Crippen LogP contribution in [0, 0.1) is 18.3 Å². The van der Waals surface area contributed by atoms with Crippen molar-refractivity contribution in [1.29, 1.82) is 5.26 Å². The number of rotatable bonds is 21. The minimum Gasteiger partial charge on any atom is -0.485 e. The summed E-state index contributed by atoms with van der Waals surface area (Å²) in [5.74, 6) is 1.22. The highest BCUT2D eigenvalue weighted by Gasteiger charge is 2.21. The monoisotopic (exact) mass is 990 g/mol. The van der Waals surface area contributed by atoms with Gasteiger partial charge in [-0.05, 0) is 72.7 Å². The largest absolute Gasteiger partial charge is 0.485 e. The van der Waals surface area contributed by atoms with Crippen molar-refractivity contribution in [2.75, 3.05) is 52.9 Å². The van der Waals surface area contributed by atoms with E-state index < -0.39 is 39.0 Å². The first-order chi connectivity index (χ1) is 31.7. The number of alkyl halides is 1. The maximum absolute atomic E-state index is 12.4. The van der Waals surface area contributed by atoms with Crippen LogP contribution in [0.1, 0.15) is 65.2 Å². The van der Waals surface area contributed by atoms with E-state index in [1.807, 2.05) is 48.5 Å². The molecule has 0 spiro atoms. The quantitative estimate of drug-likeness (QED) is 0.0522. The van der Waals surface area contributed by atoms with Crippen molar-refractivity contribution in [2.24, 2.45) is 0 Å². The Balaban J connectivity index is 0.000000350. The first kappa shape index (κ1) is 55.6. The lowest BCUT2D eigenvalue weighted by Crippen LogP contribution is -2.36. The average molecular weight is 992 g/mol. The van der Waals surface area contributed by atoms with Gasteiger partial charge < -0.3 is 28.4 Å². The Labute approximate surface area is 399 Å². The molecule has 0 aliphatic rings. The summed E-state index contributed by atoms with van der Waals surface area (Å²) >= 11 is 12.3. The van der Waals surface area contributed by atoms with Crippen LogP contribution in [-0.2, 0) is 48.1 Å². The van der Waals surface area contributed by atoms with Gasteiger partial charge in [0.15, 0.2) is 21.5 Å². The summed E-state index contributed by atoms with van der Waals surface area (Å²) < 4.78 is 76.2. The van der Waals surface area contributed by atoms with Crippen molar-refractivity contribution in [3.05, 3.63) is 121 Å². The third-order valence-corrected chi connectivity index (χ3v) is 10.4. The predicted octanol–water partition coefficient (Wildman–Crippen LogP) is 7.26. The van der Waals surface area contributed by atoms with Gasteiger partial charge in [0, 0.05) is 42.6 Å². The normalized spacial score (nSPS) is 11.3. The second kappa shape index (κ2) is 27.2. The number of pyridine rings is 2. The van der Waals surface area contributed by atoms with Gasteiger partial charge in [0.1, 0.15) is 33.1 Å². The molecule has 0 bridgehead atoms. The highest BCUT2D eigenvalue weighted by Crippen LogP contribution is 2.24. The number of hydrogen-bond acceptors (Lipinski definition) is 16. The second-order valence-electron chi connectivity index (χ2n) is 15.9. The fourth-order valence-electron chi connectivity index (χ4n) is 5.12. The Bertz CT molecular complexity index is 2560. The van der Waals surface area contributed by atoms with Crippen molar-refractivity contribution in [3.8, 4) is 29.3 Å². The number of aromatic nitrogens is 6. The smallest absolute Gasteiger partial charge is 0.297 e. The van der Waals surface area contributed by atoms with Crippen molar-refractivity contribution in [2.45, 2.75) is 84.6 Å². The van der Waals surface area contributed by atoms with Crippen molar-refractivity contribution < 1.29 is 45.4 Å². The Morgan fingerprint density at radius 1 is 0.642 bits per heavy atom. The molecule has 4 aromatic heterocycles. The number of hydrogen-bond donors (Lipinski definition) is 0. The zero-order chi connectivity index (χ0) is 49.6. The van der Waals surface area contributed by atoms with E-state index in [0.717, 1.165) is 16.7 Å². The number of halogens is 3. The van der Waals surface area contributed by atoms with Gasteiger partial charge in [-0.15, -0.1) is 0 Å². The summed E-state index contributed by atoms with van der Waals surface area (Å²) in [5, 5.41) is 15.5. The maximum Gasteiger partial charge on any atom is 0.297 e. The van der Waals surface area contributed by atoms with Crippen LogP contribution in [0.15, 0.2) is 87.8 Å². The van der Waals surface area contributed by atoms with Crippen molar-refractivity contribution >= 4 is 33.3 Å². The Hall–Kier alpha value is -5.69. The fourth-order valence-corrected chi connectivity index (χ4v) is 6.38. The summed E-state index contributed by atoms with van der Waals surface area (Å²) in [5.41, 5.74) is 0.672. The summed E-state index contributed by atoms with van der Waals surface area (Å²) in [6.45, 7) is 15.3. The molecule has 364 valence electrons. The maximum atomic E-state index is 12.4. The van der Waals surface area contributed by atoms with E-state index in [4.69, 9.17) is 61.1 Å². The average Bonchev–Trinajstić information content (AvgIpc) is 3.27. The SMILES string of the molecule is CC#N.CC(C)(C)n1ncc(OCc2ccc(OCCOCC[18F])nc2)c(Cl)c1=O.Cc1ccc(S(=O)(=O)OCCOCCOc2ccc(COc3cnn(C(C)(C)C)c(=O)c3Cl)cn2)cc1. The summed E-state index contributed by atoms with van der Waals surface area (Å²) in [7, 11) is -3.81. The number of benzene rings is 1. The molecule has 0 atom stereocenters. The molecule has 22 heteroatoms. The minimum atomic E-state index is -3.81. The van der Waals surface area contributed by atoms with Crippen LogP contribution in [-0.4, -0.2) is 90.9 Å². The molecular formula is C45H56Cl2FN7O11S. The number of aryl methyl sites for hydroxylation is 1. The van der Waals surface area contributed by atoms with E-state index in [2.05, 4.69) is 20.2 Å². The van der Waals surface area contributed by atoms with Crippen LogP contribution in [0.3, 0.4) is 0 Å². The lowest BCUT2D eigenvalue weighted by atomic mass is 10.1. The van der Waals surface area contributed by atoms with E-state index in [0.29, 0.717) is 18.4 Å². The molecule has 4 heterocycles. The Morgan fingerprint density at radius 2 is 1.06 bits per heavy atom. The summed E-state index contributed by atoms with van der Waals surface area (Å²) in [6.07, 6.45) is 6.02. The van der Waals surface area contributed by atoms with Gasteiger partial charge in [-0.25, -0.2) is 23.7 Å². The second-order valence-corrected chi connectivity index (χ2v) is 18.3. The molecule has 0 aliphatic carbocycles. The highest BCUT2D eigenvalue weighted by atomic mass is 35.5. The van der Waals surface area contributed by atoms with E-state index in [9.17, 15) is 22.4 Å². The lowest BCUT2D eigenvalue weighted by Gasteiger charge is -2.21. The van der Waals surface area contributed by atoms with Crippen LogP contribution >= 0.6 is 23.2 Å². The molecule has 0 aliphatic heterocycles. The van der Waals surface area contributed by atoms with E-state index in [1.54, 1.807) is 54.9 Å². The van der Waals surface area contributed by atoms with E-state index in [-0.39, 0.29) is 79.3 Å². The molecule has 0 saturated carbocycles. The molecule has 67 heavy (non-hydrogen) atoms. The Morgan fingerprint density at radius 3 is 1.45 bits per heavy atom. The molecule has 1 aromatic carbocycles. The summed E-state index contributed by atoms with van der Waals surface area (Å²) in [4.78, 5) is 33.2. The van der Waals surface area contributed by atoms with Gasteiger partial charge in [0.05, 0.1) is 67.5 Å². The number of nitrogens with zero attached hydrogens (tertiary/aromatic N) is 7. The molecule has 0 amide bonds. The Kier molecular flexibility index (Phi) is 22.6. The number of ether oxygens (including phenoxy) is 6. The third-order valence-electron chi connectivity index (χ3n) is 8.38.